The van der Waals surface area contributed by atoms with Gasteiger partial charge in [-0.3, -0.25) is 9.59 Å². The summed E-state index contributed by atoms with van der Waals surface area (Å²) < 4.78 is 18.8. The fraction of sp³-hybridized carbons (Fsp3) is 0.522. The third-order valence-electron chi connectivity index (χ3n) is 5.86. The van der Waals surface area contributed by atoms with Crippen LogP contribution in [-0.2, 0) is 22.6 Å². The summed E-state index contributed by atoms with van der Waals surface area (Å²) in [6.45, 7) is 5.43. The Morgan fingerprint density at radius 3 is 2.80 bits per heavy atom. The van der Waals surface area contributed by atoms with Crippen molar-refractivity contribution in [2.75, 3.05) is 13.1 Å². The van der Waals surface area contributed by atoms with Crippen LogP contribution in [0, 0.1) is 25.6 Å². The Hall–Kier alpha value is -2.70. The van der Waals surface area contributed by atoms with Crippen molar-refractivity contribution in [3.05, 3.63) is 52.7 Å². The van der Waals surface area contributed by atoms with Gasteiger partial charge in [0.15, 0.2) is 0 Å². The topological polar surface area (TPSA) is 75.4 Å². The molecule has 0 bridgehead atoms. The molecule has 30 heavy (non-hydrogen) atoms. The molecular weight excluding hydrogens is 385 g/mol. The van der Waals surface area contributed by atoms with Crippen LogP contribution >= 0.6 is 0 Å². The van der Waals surface area contributed by atoms with Crippen molar-refractivity contribution in [2.24, 2.45) is 5.92 Å². The second-order valence-corrected chi connectivity index (χ2v) is 8.06. The maximum Gasteiger partial charge on any atom is 0.222 e. The standard InChI is InChI=1S/C23H30FN3O3/c1-16-20(17(2)30-26-16)10-12-23(29)27-13-5-6-18(15-27)9-11-22(28)25-14-19-7-3-4-8-21(19)24/h3-4,7-8,18H,5-6,9-15H2,1-2H3,(H,25,28)/t18-/m1/s1. The van der Waals surface area contributed by atoms with Crippen LogP contribution < -0.4 is 5.32 Å². The molecule has 1 aromatic carbocycles. The van der Waals surface area contributed by atoms with Gasteiger partial charge in [-0.2, -0.15) is 0 Å². The molecule has 1 fully saturated rings. The van der Waals surface area contributed by atoms with Crippen molar-refractivity contribution < 1.29 is 18.5 Å². The van der Waals surface area contributed by atoms with E-state index in [0.717, 1.165) is 42.8 Å². The van der Waals surface area contributed by atoms with Crippen molar-refractivity contribution in [1.82, 2.24) is 15.4 Å². The highest BCUT2D eigenvalue weighted by Gasteiger charge is 2.24. The Morgan fingerprint density at radius 1 is 1.27 bits per heavy atom. The van der Waals surface area contributed by atoms with Gasteiger partial charge in [-0.15, -0.1) is 0 Å². The molecule has 2 aromatic rings. The lowest BCUT2D eigenvalue weighted by Crippen LogP contribution is -2.40. The zero-order valence-corrected chi connectivity index (χ0v) is 17.7. The van der Waals surface area contributed by atoms with E-state index < -0.39 is 0 Å². The van der Waals surface area contributed by atoms with E-state index >= 15 is 0 Å². The molecule has 1 aromatic heterocycles. The molecule has 6 nitrogen and oxygen atoms in total. The molecular formula is C23H30FN3O3. The summed E-state index contributed by atoms with van der Waals surface area (Å²) in [5, 5.41) is 6.73. The minimum Gasteiger partial charge on any atom is -0.361 e. The van der Waals surface area contributed by atoms with E-state index in [0.29, 0.717) is 37.3 Å². The largest absolute Gasteiger partial charge is 0.361 e. The molecule has 1 aliphatic rings. The molecule has 0 spiro atoms. The van der Waals surface area contributed by atoms with Crippen LogP contribution in [0.1, 0.15) is 54.7 Å². The van der Waals surface area contributed by atoms with Gasteiger partial charge in [0.25, 0.3) is 0 Å². The fourth-order valence-corrected chi connectivity index (χ4v) is 4.04. The zero-order valence-electron chi connectivity index (χ0n) is 17.7. The first kappa shape index (κ1) is 22.0. The SMILES string of the molecule is Cc1noc(C)c1CCC(=O)N1CCC[C@H](CCC(=O)NCc2ccccc2F)C1. The maximum atomic E-state index is 13.6. The zero-order chi connectivity index (χ0) is 21.5. The van der Waals surface area contributed by atoms with Gasteiger partial charge in [-0.25, -0.2) is 4.39 Å². The number of halogens is 1. The number of aromatic nitrogens is 1. The molecule has 0 unspecified atom stereocenters. The first-order chi connectivity index (χ1) is 14.4. The molecule has 2 heterocycles. The van der Waals surface area contributed by atoms with Gasteiger partial charge in [-0.05, 0) is 51.5 Å². The van der Waals surface area contributed by atoms with Gasteiger partial charge in [0, 0.05) is 43.6 Å². The van der Waals surface area contributed by atoms with Crippen molar-refractivity contribution in [3.8, 4) is 0 Å². The fourth-order valence-electron chi connectivity index (χ4n) is 4.04. The number of piperidine rings is 1. The lowest BCUT2D eigenvalue weighted by molar-refractivity contribution is -0.133. The van der Waals surface area contributed by atoms with Gasteiger partial charge in [0.05, 0.1) is 5.69 Å². The highest BCUT2D eigenvalue weighted by atomic mass is 19.1. The quantitative estimate of drug-likeness (QED) is 0.713. The lowest BCUT2D eigenvalue weighted by atomic mass is 9.93. The highest BCUT2D eigenvalue weighted by Crippen LogP contribution is 2.22. The predicted molar refractivity (Wildman–Crippen MR) is 111 cm³/mol. The normalized spacial score (nSPS) is 16.5. The minimum absolute atomic E-state index is 0.0832. The highest BCUT2D eigenvalue weighted by molar-refractivity contribution is 5.77. The van der Waals surface area contributed by atoms with E-state index in [2.05, 4.69) is 10.5 Å². The van der Waals surface area contributed by atoms with Crippen LogP contribution in [0.15, 0.2) is 28.8 Å². The monoisotopic (exact) mass is 415 g/mol. The average molecular weight is 416 g/mol. The third kappa shape index (κ3) is 5.90. The van der Waals surface area contributed by atoms with Crippen LogP contribution in [0.3, 0.4) is 0 Å². The number of nitrogens with one attached hydrogen (secondary N) is 1. The number of carbonyl (C=O) groups excluding carboxylic acids is 2. The maximum absolute atomic E-state index is 13.6. The van der Waals surface area contributed by atoms with Crippen LogP contribution in [-0.4, -0.2) is 35.0 Å². The van der Waals surface area contributed by atoms with E-state index in [1.54, 1.807) is 18.2 Å². The van der Waals surface area contributed by atoms with E-state index in [4.69, 9.17) is 4.52 Å². The van der Waals surface area contributed by atoms with E-state index in [1.807, 2.05) is 18.7 Å². The summed E-state index contributed by atoms with van der Waals surface area (Å²) >= 11 is 0. The number of hydrogen-bond donors (Lipinski definition) is 1. The molecule has 0 saturated carbocycles. The number of aryl methyl sites for hydroxylation is 2. The van der Waals surface area contributed by atoms with Crippen molar-refractivity contribution in [1.29, 1.82) is 0 Å². The second kappa shape index (κ2) is 10.4. The number of amides is 2. The van der Waals surface area contributed by atoms with E-state index in [-0.39, 0.29) is 24.2 Å². The van der Waals surface area contributed by atoms with Gasteiger partial charge in [0.1, 0.15) is 11.6 Å². The summed E-state index contributed by atoms with van der Waals surface area (Å²) in [5.41, 5.74) is 2.35. The summed E-state index contributed by atoms with van der Waals surface area (Å²) in [6.07, 6.45) is 4.18. The number of carbonyl (C=O) groups is 2. The smallest absolute Gasteiger partial charge is 0.222 e. The Bertz CT molecular complexity index is 861. The number of hydrogen-bond acceptors (Lipinski definition) is 4. The number of benzene rings is 1. The van der Waals surface area contributed by atoms with Crippen LogP contribution in [0.2, 0.25) is 0 Å². The van der Waals surface area contributed by atoms with Gasteiger partial charge < -0.3 is 14.7 Å². The van der Waals surface area contributed by atoms with Crippen molar-refractivity contribution in [2.45, 2.75) is 58.9 Å². The van der Waals surface area contributed by atoms with Crippen molar-refractivity contribution in [3.63, 3.8) is 0 Å². The Morgan fingerprint density at radius 2 is 2.07 bits per heavy atom. The first-order valence-corrected chi connectivity index (χ1v) is 10.6. The molecule has 1 atom stereocenters. The van der Waals surface area contributed by atoms with Gasteiger partial charge in [-0.1, -0.05) is 23.4 Å². The average Bonchev–Trinajstić information content (AvgIpc) is 3.07. The molecule has 0 radical (unpaired) electrons. The summed E-state index contributed by atoms with van der Waals surface area (Å²) in [7, 11) is 0. The summed E-state index contributed by atoms with van der Waals surface area (Å²) in [6, 6.07) is 6.44. The van der Waals surface area contributed by atoms with Crippen molar-refractivity contribution >= 4 is 11.8 Å². The molecule has 1 aliphatic heterocycles. The molecule has 3 rings (SSSR count). The Balaban J connectivity index is 1.40. The number of likely N-dealkylation sites (tertiary alicyclic amines) is 1. The van der Waals surface area contributed by atoms with Crippen LogP contribution in [0.4, 0.5) is 4.39 Å². The molecule has 7 heteroatoms. The molecule has 2 amide bonds. The molecule has 162 valence electrons. The first-order valence-electron chi connectivity index (χ1n) is 10.6. The van der Waals surface area contributed by atoms with E-state index in [9.17, 15) is 14.0 Å². The van der Waals surface area contributed by atoms with Crippen LogP contribution in [0.5, 0.6) is 0 Å². The second-order valence-electron chi connectivity index (χ2n) is 8.06. The number of nitrogens with zero attached hydrogens (tertiary/aromatic N) is 2. The summed E-state index contributed by atoms with van der Waals surface area (Å²) in [5.74, 6) is 0.846. The molecule has 1 N–H and O–H groups in total. The van der Waals surface area contributed by atoms with Gasteiger partial charge >= 0.3 is 0 Å². The lowest BCUT2D eigenvalue weighted by Gasteiger charge is -2.33. The third-order valence-corrected chi connectivity index (χ3v) is 5.86. The number of rotatable bonds is 8. The van der Waals surface area contributed by atoms with E-state index in [1.165, 1.54) is 6.07 Å². The summed E-state index contributed by atoms with van der Waals surface area (Å²) in [4.78, 5) is 26.7. The van der Waals surface area contributed by atoms with Gasteiger partial charge in [0.2, 0.25) is 11.8 Å². The predicted octanol–water partition coefficient (Wildman–Crippen LogP) is 3.70. The molecule has 0 aliphatic carbocycles. The minimum atomic E-state index is -0.309. The Labute approximate surface area is 176 Å². The molecule has 1 saturated heterocycles. The Kier molecular flexibility index (Phi) is 7.60. The van der Waals surface area contributed by atoms with Crippen LogP contribution in [0.25, 0.3) is 0 Å².